The molecule has 0 bridgehead atoms. The maximum Gasteiger partial charge on any atom is 0.271 e. The Morgan fingerprint density at radius 3 is 2.72 bits per heavy atom. The van der Waals surface area contributed by atoms with E-state index in [2.05, 4.69) is 19.7 Å². The maximum atomic E-state index is 12.9. The van der Waals surface area contributed by atoms with Crippen molar-refractivity contribution in [1.29, 1.82) is 0 Å². The number of hydrogen-bond acceptors (Lipinski definition) is 5. The van der Waals surface area contributed by atoms with Crippen molar-refractivity contribution >= 4 is 5.91 Å². The summed E-state index contributed by atoms with van der Waals surface area (Å²) in [7, 11) is 3.22. The van der Waals surface area contributed by atoms with Crippen molar-refractivity contribution in [3.63, 3.8) is 0 Å². The molecule has 3 heterocycles. The molecule has 1 amide bonds. The Labute approximate surface area is 169 Å². The first-order chi connectivity index (χ1) is 14.2. The molecule has 0 aliphatic carbocycles. The minimum atomic E-state index is -0.0216. The van der Waals surface area contributed by atoms with Crippen LogP contribution in [0.15, 0.2) is 43.0 Å². The summed E-state index contributed by atoms with van der Waals surface area (Å²) in [5, 5.41) is 7.22. The Morgan fingerprint density at radius 2 is 2.03 bits per heavy atom. The summed E-state index contributed by atoms with van der Waals surface area (Å²) in [6.45, 7) is 2.44. The van der Waals surface area contributed by atoms with Gasteiger partial charge in [0.05, 0.1) is 26.2 Å². The van der Waals surface area contributed by atoms with Gasteiger partial charge < -0.3 is 18.9 Å². The van der Waals surface area contributed by atoms with E-state index in [1.54, 1.807) is 26.5 Å². The molecule has 1 N–H and O–H groups in total. The van der Waals surface area contributed by atoms with Gasteiger partial charge >= 0.3 is 0 Å². The molecule has 8 nitrogen and oxygen atoms in total. The lowest BCUT2D eigenvalue weighted by Crippen LogP contribution is -2.39. The fourth-order valence-electron chi connectivity index (χ4n) is 3.77. The number of piperidine rings is 1. The van der Waals surface area contributed by atoms with E-state index < -0.39 is 0 Å². The van der Waals surface area contributed by atoms with Crippen LogP contribution >= 0.6 is 0 Å². The van der Waals surface area contributed by atoms with Crippen LogP contribution in [0.1, 0.15) is 23.3 Å². The third-order valence-corrected chi connectivity index (χ3v) is 5.42. The van der Waals surface area contributed by atoms with Gasteiger partial charge in [-0.3, -0.25) is 9.89 Å². The molecule has 1 fully saturated rings. The number of nitrogens with one attached hydrogen (secondary N) is 1. The predicted molar refractivity (Wildman–Crippen MR) is 108 cm³/mol. The predicted octanol–water partition coefficient (Wildman–Crippen LogP) is 2.84. The molecule has 0 radical (unpaired) electrons. The first kappa shape index (κ1) is 19.0. The third-order valence-electron chi connectivity index (χ3n) is 5.42. The second-order valence-corrected chi connectivity index (χ2v) is 7.23. The van der Waals surface area contributed by atoms with E-state index in [1.165, 1.54) is 0 Å². The largest absolute Gasteiger partial charge is 0.497 e. The van der Waals surface area contributed by atoms with Crippen LogP contribution in [0.2, 0.25) is 0 Å². The summed E-state index contributed by atoms with van der Waals surface area (Å²) in [4.78, 5) is 18.9. The highest BCUT2D eigenvalue weighted by atomic mass is 16.5. The van der Waals surface area contributed by atoms with Crippen molar-refractivity contribution in [2.45, 2.75) is 19.4 Å². The van der Waals surface area contributed by atoms with Gasteiger partial charge in [-0.2, -0.15) is 5.10 Å². The zero-order valence-electron chi connectivity index (χ0n) is 16.7. The molecule has 1 aromatic carbocycles. The maximum absolute atomic E-state index is 12.9. The fraction of sp³-hybridized carbons (Fsp3) is 0.381. The number of benzene rings is 1. The van der Waals surface area contributed by atoms with Crippen LogP contribution in [-0.2, 0) is 6.54 Å². The number of carbonyl (C=O) groups is 1. The van der Waals surface area contributed by atoms with Gasteiger partial charge in [0.2, 0.25) is 0 Å². The second-order valence-electron chi connectivity index (χ2n) is 7.23. The van der Waals surface area contributed by atoms with Crippen molar-refractivity contribution in [3.05, 3.63) is 48.7 Å². The van der Waals surface area contributed by atoms with Crippen LogP contribution < -0.4 is 9.47 Å². The van der Waals surface area contributed by atoms with Gasteiger partial charge in [-0.15, -0.1) is 0 Å². The Bertz CT molecular complexity index is 959. The summed E-state index contributed by atoms with van der Waals surface area (Å²) in [6, 6.07) is 7.28. The molecule has 2 aromatic heterocycles. The summed E-state index contributed by atoms with van der Waals surface area (Å²) < 4.78 is 12.8. The van der Waals surface area contributed by atoms with E-state index >= 15 is 0 Å². The van der Waals surface area contributed by atoms with Gasteiger partial charge in [0.25, 0.3) is 5.91 Å². The molecular formula is C21H25N5O3. The molecule has 0 saturated carbocycles. The van der Waals surface area contributed by atoms with Gasteiger partial charge in [-0.25, -0.2) is 4.98 Å². The SMILES string of the molecule is COc1ccc(OC)c(-c2cc(C(=O)N3CCC(Cn4ccnc4)CC3)[nH]n2)c1. The number of methoxy groups -OCH3 is 2. The van der Waals surface area contributed by atoms with Crippen LogP contribution in [-0.4, -0.2) is 57.9 Å². The fourth-order valence-corrected chi connectivity index (χ4v) is 3.77. The van der Waals surface area contributed by atoms with Crippen LogP contribution in [0.25, 0.3) is 11.3 Å². The van der Waals surface area contributed by atoms with Gasteiger partial charge in [-0.05, 0) is 43.0 Å². The first-order valence-electron chi connectivity index (χ1n) is 9.70. The minimum Gasteiger partial charge on any atom is -0.497 e. The van der Waals surface area contributed by atoms with Gasteiger partial charge in [0.1, 0.15) is 17.2 Å². The van der Waals surface area contributed by atoms with E-state index in [4.69, 9.17) is 9.47 Å². The molecular weight excluding hydrogens is 370 g/mol. The van der Waals surface area contributed by atoms with Crippen molar-refractivity contribution in [1.82, 2.24) is 24.6 Å². The van der Waals surface area contributed by atoms with Crippen LogP contribution in [0.3, 0.4) is 0 Å². The number of ether oxygens (including phenoxy) is 2. The van der Waals surface area contributed by atoms with Crippen LogP contribution in [0, 0.1) is 5.92 Å². The summed E-state index contributed by atoms with van der Waals surface area (Å²) in [5.74, 6) is 1.92. The number of imidazole rings is 1. The average molecular weight is 395 g/mol. The molecule has 0 spiro atoms. The molecule has 1 saturated heterocycles. The Hall–Kier alpha value is -3.29. The highest BCUT2D eigenvalue weighted by molar-refractivity contribution is 5.93. The zero-order valence-corrected chi connectivity index (χ0v) is 16.7. The van der Waals surface area contributed by atoms with Gasteiger partial charge in [0.15, 0.2) is 0 Å². The van der Waals surface area contributed by atoms with Crippen molar-refractivity contribution in [2.75, 3.05) is 27.3 Å². The number of hydrogen-bond donors (Lipinski definition) is 1. The average Bonchev–Trinajstić information content (AvgIpc) is 3.45. The monoisotopic (exact) mass is 395 g/mol. The number of nitrogens with zero attached hydrogens (tertiary/aromatic N) is 4. The zero-order chi connectivity index (χ0) is 20.2. The number of carbonyl (C=O) groups excluding carboxylic acids is 1. The van der Waals surface area contributed by atoms with Gasteiger partial charge in [-0.1, -0.05) is 0 Å². The van der Waals surface area contributed by atoms with E-state index in [9.17, 15) is 4.79 Å². The number of rotatable bonds is 6. The van der Waals surface area contributed by atoms with Crippen LogP contribution in [0.5, 0.6) is 11.5 Å². The second kappa shape index (κ2) is 8.38. The van der Waals surface area contributed by atoms with E-state index in [-0.39, 0.29) is 5.91 Å². The molecule has 4 rings (SSSR count). The summed E-state index contributed by atoms with van der Waals surface area (Å²) in [6.07, 6.45) is 7.59. The highest BCUT2D eigenvalue weighted by Gasteiger charge is 2.25. The van der Waals surface area contributed by atoms with E-state index in [0.717, 1.165) is 38.0 Å². The van der Waals surface area contributed by atoms with Crippen molar-refractivity contribution in [3.8, 4) is 22.8 Å². The number of aromatic nitrogens is 4. The van der Waals surface area contributed by atoms with Gasteiger partial charge in [0, 0.05) is 37.6 Å². The lowest BCUT2D eigenvalue weighted by molar-refractivity contribution is 0.0677. The highest BCUT2D eigenvalue weighted by Crippen LogP contribution is 2.32. The molecule has 29 heavy (non-hydrogen) atoms. The topological polar surface area (TPSA) is 85.3 Å². The lowest BCUT2D eigenvalue weighted by atomic mass is 9.96. The Balaban J connectivity index is 1.43. The molecule has 1 aliphatic rings. The normalized spacial score (nSPS) is 14.8. The standard InChI is InChI=1S/C21H25N5O3/c1-28-16-3-4-20(29-2)17(11-16)18-12-19(24-23-18)21(27)26-8-5-15(6-9-26)13-25-10-7-22-14-25/h3-4,7,10-12,14-15H,5-6,8-9,13H2,1-2H3,(H,23,24). The van der Waals surface area contributed by atoms with Crippen molar-refractivity contribution in [2.24, 2.45) is 5.92 Å². The third kappa shape index (κ3) is 4.11. The van der Waals surface area contributed by atoms with Crippen LogP contribution in [0.4, 0.5) is 0 Å². The van der Waals surface area contributed by atoms with E-state index in [1.807, 2.05) is 35.6 Å². The molecule has 1 aliphatic heterocycles. The molecule has 0 atom stereocenters. The Kier molecular flexibility index (Phi) is 5.50. The number of amides is 1. The number of aromatic amines is 1. The Morgan fingerprint density at radius 1 is 1.21 bits per heavy atom. The first-order valence-corrected chi connectivity index (χ1v) is 9.70. The van der Waals surface area contributed by atoms with Crippen molar-refractivity contribution < 1.29 is 14.3 Å². The number of likely N-dealkylation sites (tertiary alicyclic amines) is 1. The summed E-state index contributed by atoms with van der Waals surface area (Å²) >= 11 is 0. The van der Waals surface area contributed by atoms with E-state index in [0.29, 0.717) is 28.8 Å². The number of H-pyrrole nitrogens is 1. The summed E-state index contributed by atoms with van der Waals surface area (Å²) in [5.41, 5.74) is 1.92. The minimum absolute atomic E-state index is 0.0216. The molecule has 8 heteroatoms. The lowest BCUT2D eigenvalue weighted by Gasteiger charge is -2.31. The molecule has 0 unspecified atom stereocenters. The quantitative estimate of drug-likeness (QED) is 0.694. The molecule has 152 valence electrons. The smallest absolute Gasteiger partial charge is 0.271 e. The molecule has 3 aromatic rings.